The highest BCUT2D eigenvalue weighted by molar-refractivity contribution is 6.02. The minimum Gasteiger partial charge on any atom is -0.495 e. The first-order valence-corrected chi connectivity index (χ1v) is 21.7. The molecule has 1 saturated carbocycles. The first-order valence-electron chi connectivity index (χ1n) is 21.7. The average Bonchev–Trinajstić information content (AvgIpc) is 3.81. The van der Waals surface area contributed by atoms with Crippen molar-refractivity contribution in [3.05, 3.63) is 59.5 Å². The molecule has 19 heteroatoms. The number of carbonyl (C=O) groups excluding carboxylic acids is 5. The molecule has 3 saturated heterocycles. The van der Waals surface area contributed by atoms with E-state index >= 15 is 13.2 Å². The molecule has 3 aromatic rings. The van der Waals surface area contributed by atoms with Crippen molar-refractivity contribution in [1.82, 2.24) is 30.4 Å². The van der Waals surface area contributed by atoms with Gasteiger partial charge in [-0.15, -0.1) is 0 Å². The first kappa shape index (κ1) is 43.7. The smallest absolute Gasteiger partial charge is 0.342 e. The van der Waals surface area contributed by atoms with E-state index < -0.39 is 36.0 Å². The number of amides is 5. The van der Waals surface area contributed by atoms with Crippen LogP contribution in [0.1, 0.15) is 79.6 Å². The number of fused-ring (bicyclic) bond motifs is 1. The fourth-order valence-electron chi connectivity index (χ4n) is 9.33. The molecule has 5 amide bonds. The number of aromatic nitrogens is 2. The van der Waals surface area contributed by atoms with E-state index in [1.807, 2.05) is 9.80 Å². The number of alkyl halides is 2. The number of rotatable bonds is 11. The number of benzene rings is 2. The molecule has 0 bridgehead atoms. The molecule has 8 rings (SSSR count). The second-order valence-corrected chi connectivity index (χ2v) is 17.0. The van der Waals surface area contributed by atoms with Crippen LogP contribution < -0.4 is 35.4 Å². The van der Waals surface area contributed by atoms with Gasteiger partial charge in [0, 0.05) is 83.3 Å². The zero-order valence-corrected chi connectivity index (χ0v) is 35.5. The molecule has 3 N–H and O–H groups in total. The molecule has 4 aliphatic heterocycles. The third-order valence-electron chi connectivity index (χ3n) is 13.0. The van der Waals surface area contributed by atoms with Gasteiger partial charge < -0.3 is 35.0 Å². The molecule has 5 heterocycles. The summed E-state index contributed by atoms with van der Waals surface area (Å²) >= 11 is 0. The molecule has 1 atom stereocenters. The number of halogens is 3. The van der Waals surface area contributed by atoms with E-state index in [2.05, 4.69) is 30.8 Å². The van der Waals surface area contributed by atoms with Crippen molar-refractivity contribution in [2.45, 2.75) is 81.7 Å². The van der Waals surface area contributed by atoms with Crippen LogP contribution in [0.2, 0.25) is 0 Å². The van der Waals surface area contributed by atoms with Gasteiger partial charge in [-0.2, -0.15) is 13.8 Å². The Labute approximate surface area is 363 Å². The molecule has 336 valence electrons. The van der Waals surface area contributed by atoms with E-state index in [1.54, 1.807) is 30.3 Å². The van der Waals surface area contributed by atoms with Crippen LogP contribution >= 0.6 is 0 Å². The minimum absolute atomic E-state index is 0.0493. The fraction of sp³-hybridized carbons (Fsp3) is 0.523. The molecule has 5 aliphatic rings. The number of carbonyl (C=O) groups is 5. The van der Waals surface area contributed by atoms with Crippen molar-refractivity contribution in [2.75, 3.05) is 86.5 Å². The topological polar surface area (TPSA) is 173 Å². The Bertz CT molecular complexity index is 2240. The maximum atomic E-state index is 15.2. The molecule has 2 aromatic carbocycles. The van der Waals surface area contributed by atoms with Gasteiger partial charge in [-0.05, 0) is 68.0 Å². The minimum atomic E-state index is -3.59. The van der Waals surface area contributed by atoms with E-state index in [1.165, 1.54) is 31.3 Å². The predicted molar refractivity (Wildman–Crippen MR) is 228 cm³/mol. The maximum absolute atomic E-state index is 15.2. The van der Waals surface area contributed by atoms with Crippen molar-refractivity contribution < 1.29 is 41.9 Å². The number of hydrogen-bond donors (Lipinski definition) is 3. The van der Waals surface area contributed by atoms with Crippen LogP contribution in [0.5, 0.6) is 5.75 Å². The number of hydrogen-bond acceptors (Lipinski definition) is 12. The van der Waals surface area contributed by atoms with Gasteiger partial charge in [-0.3, -0.25) is 34.2 Å². The highest BCUT2D eigenvalue weighted by Crippen LogP contribution is 2.40. The lowest BCUT2D eigenvalue weighted by atomic mass is 9.90. The summed E-state index contributed by atoms with van der Waals surface area (Å²) in [7, 11) is 2.77. The van der Waals surface area contributed by atoms with E-state index in [0.717, 1.165) is 30.6 Å². The monoisotopic (exact) mass is 874 g/mol. The van der Waals surface area contributed by atoms with Crippen LogP contribution in [0.3, 0.4) is 0 Å². The zero-order chi connectivity index (χ0) is 44.4. The molecule has 4 fully saturated rings. The number of anilines is 5. The Morgan fingerprint density at radius 1 is 0.937 bits per heavy atom. The number of likely N-dealkylation sites (tertiary alicyclic amines) is 1. The number of nitrogens with zero attached hydrogens (tertiary/aromatic N) is 7. The Hall–Kier alpha value is -5.98. The second-order valence-electron chi connectivity index (χ2n) is 17.0. The van der Waals surface area contributed by atoms with E-state index in [0.29, 0.717) is 99.7 Å². The summed E-state index contributed by atoms with van der Waals surface area (Å²) in [4.78, 5) is 80.4. The Balaban J connectivity index is 0.797. The largest absolute Gasteiger partial charge is 0.495 e. The van der Waals surface area contributed by atoms with Gasteiger partial charge in [0.25, 0.3) is 11.8 Å². The van der Waals surface area contributed by atoms with Gasteiger partial charge in [-0.1, -0.05) is 18.9 Å². The van der Waals surface area contributed by atoms with Crippen LogP contribution in [0.25, 0.3) is 0 Å². The molecule has 0 spiro atoms. The quantitative estimate of drug-likeness (QED) is 0.235. The molecular weight excluding hydrogens is 822 g/mol. The SMILES string of the molecule is COc1cc(C(=O)NC2CCN(C(=O)CCN3CCN(c4ccc(C5CCC(=O)NC5=O)cc4F)CC3)CC2)ccc1Nc1ncc2c(n1)N(C1CCCC1)CC(F)(F)C(=O)N2C. The highest BCUT2D eigenvalue weighted by Gasteiger charge is 2.49. The van der Waals surface area contributed by atoms with Gasteiger partial charge >= 0.3 is 5.92 Å². The lowest BCUT2D eigenvalue weighted by molar-refractivity contribution is -0.140. The van der Waals surface area contributed by atoms with Crippen LogP contribution in [0, 0.1) is 5.82 Å². The number of nitrogens with one attached hydrogen (secondary N) is 3. The Kier molecular flexibility index (Phi) is 12.7. The lowest BCUT2D eigenvalue weighted by Crippen LogP contribution is -2.49. The summed E-state index contributed by atoms with van der Waals surface area (Å²) in [5.74, 6) is -6.10. The summed E-state index contributed by atoms with van der Waals surface area (Å²) in [5.41, 5.74) is 2.04. The van der Waals surface area contributed by atoms with Crippen LogP contribution in [-0.4, -0.2) is 134 Å². The van der Waals surface area contributed by atoms with Gasteiger partial charge in [0.1, 0.15) is 17.3 Å². The molecule has 1 unspecified atom stereocenters. The van der Waals surface area contributed by atoms with Gasteiger partial charge in [0.15, 0.2) is 5.82 Å². The number of piperazine rings is 1. The van der Waals surface area contributed by atoms with Crippen LogP contribution in [-0.2, 0) is 19.2 Å². The third kappa shape index (κ3) is 9.52. The molecular formula is C44H53F3N10O6. The second kappa shape index (κ2) is 18.4. The fourth-order valence-corrected chi connectivity index (χ4v) is 9.33. The summed E-state index contributed by atoms with van der Waals surface area (Å²) in [6, 6.07) is 9.42. The maximum Gasteiger partial charge on any atom is 0.342 e. The van der Waals surface area contributed by atoms with E-state index in [4.69, 9.17) is 4.74 Å². The van der Waals surface area contributed by atoms with Crippen molar-refractivity contribution in [1.29, 1.82) is 0 Å². The molecule has 1 aromatic heterocycles. The zero-order valence-electron chi connectivity index (χ0n) is 35.5. The summed E-state index contributed by atoms with van der Waals surface area (Å²) in [6.07, 6.45) is 6.75. The number of methoxy groups -OCH3 is 1. The summed E-state index contributed by atoms with van der Waals surface area (Å²) < 4.78 is 50.9. The Morgan fingerprint density at radius 3 is 2.38 bits per heavy atom. The highest BCUT2D eigenvalue weighted by atomic mass is 19.3. The van der Waals surface area contributed by atoms with Gasteiger partial charge in [0.2, 0.25) is 23.7 Å². The number of piperidine rings is 2. The van der Waals surface area contributed by atoms with Crippen LogP contribution in [0.4, 0.5) is 42.0 Å². The van der Waals surface area contributed by atoms with Gasteiger partial charge in [-0.25, -0.2) is 9.37 Å². The van der Waals surface area contributed by atoms with Crippen molar-refractivity contribution >= 4 is 58.4 Å². The number of ether oxygens (including phenoxy) is 1. The molecule has 16 nitrogen and oxygen atoms in total. The van der Waals surface area contributed by atoms with E-state index in [9.17, 15) is 24.0 Å². The molecule has 0 radical (unpaired) electrons. The van der Waals surface area contributed by atoms with Gasteiger partial charge in [0.05, 0.1) is 37.1 Å². The third-order valence-corrected chi connectivity index (χ3v) is 13.0. The lowest BCUT2D eigenvalue weighted by Gasteiger charge is -2.37. The van der Waals surface area contributed by atoms with Crippen molar-refractivity contribution in [3.8, 4) is 5.75 Å². The Morgan fingerprint density at radius 2 is 1.68 bits per heavy atom. The normalized spacial score (nSPS) is 21.2. The van der Waals surface area contributed by atoms with Crippen molar-refractivity contribution in [2.24, 2.45) is 0 Å². The average molecular weight is 875 g/mol. The predicted octanol–water partition coefficient (Wildman–Crippen LogP) is 4.18. The van der Waals surface area contributed by atoms with E-state index in [-0.39, 0.29) is 53.7 Å². The standard InChI is InChI=1S/C44H53F3N10O6/c1-53-35-25-48-43(52-39(35)57(30-5-3-4-6-30)26-44(46,47)42(53)62)50-33-10-7-28(24-36(33)63-2)40(60)49-29-13-17-56(18-14-29)38(59)15-16-54-19-21-55(22-20-54)34-11-8-27(23-32(34)45)31-9-12-37(58)51-41(31)61/h7-8,10-11,23-25,29-31H,3-6,9,12-22,26H2,1-2H3,(H,49,60)(H,48,50,52)(H,51,58,61). The summed E-state index contributed by atoms with van der Waals surface area (Å²) in [6.45, 7) is 3.36. The number of imide groups is 1. The summed E-state index contributed by atoms with van der Waals surface area (Å²) in [5, 5.41) is 8.51. The first-order chi connectivity index (χ1) is 30.3. The molecule has 63 heavy (non-hydrogen) atoms. The van der Waals surface area contributed by atoms with Crippen LogP contribution in [0.15, 0.2) is 42.6 Å². The van der Waals surface area contributed by atoms with Crippen molar-refractivity contribution in [3.63, 3.8) is 0 Å². The molecule has 1 aliphatic carbocycles.